The van der Waals surface area contributed by atoms with Crippen LogP contribution in [0, 0.1) is 0 Å². The first-order valence-corrected chi connectivity index (χ1v) is 7.40. The van der Waals surface area contributed by atoms with Crippen LogP contribution in [0.3, 0.4) is 0 Å². The Balaban J connectivity index is 1.79. The maximum Gasteiger partial charge on any atom is 0.274 e. The minimum absolute atomic E-state index is 0.171. The van der Waals surface area contributed by atoms with Gasteiger partial charge >= 0.3 is 0 Å². The number of hydrogen-bond donors (Lipinski definition) is 2. The molecular weight excluding hydrogens is 304 g/mol. The highest BCUT2D eigenvalue weighted by Gasteiger charge is 2.13. The van der Waals surface area contributed by atoms with E-state index in [0.29, 0.717) is 16.9 Å². The average molecular weight is 320 g/mol. The lowest BCUT2D eigenvalue weighted by Gasteiger charge is -2.09. The lowest BCUT2D eigenvalue weighted by molar-refractivity contribution is 0.0962. The molecule has 0 aliphatic carbocycles. The molecule has 0 aliphatic rings. The Labute approximate surface area is 139 Å². The van der Waals surface area contributed by atoms with E-state index < -0.39 is 0 Å². The third kappa shape index (κ3) is 3.17. The molecule has 0 radical (unpaired) electrons. The van der Waals surface area contributed by atoms with Crippen molar-refractivity contribution in [2.24, 2.45) is 0 Å². The van der Waals surface area contributed by atoms with Crippen molar-refractivity contribution < 1.29 is 9.59 Å². The molecule has 2 N–H and O–H groups in total. The Kier molecular flexibility index (Phi) is 4.38. The van der Waals surface area contributed by atoms with Gasteiger partial charge in [0.1, 0.15) is 5.69 Å². The molecule has 120 valence electrons. The number of rotatable bonds is 4. The minimum atomic E-state index is -0.274. The van der Waals surface area contributed by atoms with E-state index in [-0.39, 0.29) is 11.8 Å². The van der Waals surface area contributed by atoms with E-state index >= 15 is 0 Å². The fourth-order valence-electron chi connectivity index (χ4n) is 2.30. The zero-order valence-electron chi connectivity index (χ0n) is 13.1. The van der Waals surface area contributed by atoms with Crippen molar-refractivity contribution in [1.82, 2.24) is 14.9 Å². The van der Waals surface area contributed by atoms with Crippen LogP contribution >= 0.6 is 0 Å². The summed E-state index contributed by atoms with van der Waals surface area (Å²) in [6, 6.07) is 16.2. The van der Waals surface area contributed by atoms with Crippen molar-refractivity contribution >= 4 is 17.5 Å². The molecule has 0 bridgehead atoms. The number of para-hydroxylation sites is 1. The lowest BCUT2D eigenvalue weighted by Crippen LogP contribution is -2.18. The Morgan fingerprint density at radius 2 is 1.67 bits per heavy atom. The van der Waals surface area contributed by atoms with Crippen LogP contribution in [0.15, 0.2) is 67.1 Å². The summed E-state index contributed by atoms with van der Waals surface area (Å²) in [5.74, 6) is -0.445. The molecule has 24 heavy (non-hydrogen) atoms. The molecule has 0 fully saturated rings. The van der Waals surface area contributed by atoms with E-state index in [4.69, 9.17) is 0 Å². The van der Waals surface area contributed by atoms with Gasteiger partial charge in [0.05, 0.1) is 12.5 Å². The highest BCUT2D eigenvalue weighted by molar-refractivity contribution is 6.03. The van der Waals surface area contributed by atoms with Crippen LogP contribution in [-0.4, -0.2) is 28.4 Å². The van der Waals surface area contributed by atoms with E-state index in [1.54, 1.807) is 42.2 Å². The summed E-state index contributed by atoms with van der Waals surface area (Å²) in [4.78, 5) is 28.1. The first kappa shape index (κ1) is 15.5. The monoisotopic (exact) mass is 320 g/mol. The smallest absolute Gasteiger partial charge is 0.274 e. The molecule has 1 aromatic heterocycles. The molecule has 2 amide bonds. The number of amides is 2. The van der Waals surface area contributed by atoms with Crippen LogP contribution in [0.5, 0.6) is 0 Å². The number of aromatic nitrogens is 2. The fourth-order valence-corrected chi connectivity index (χ4v) is 2.30. The summed E-state index contributed by atoms with van der Waals surface area (Å²) in [6.45, 7) is 0. The topological polar surface area (TPSA) is 76.0 Å². The first-order valence-electron chi connectivity index (χ1n) is 7.40. The third-order valence-electron chi connectivity index (χ3n) is 3.54. The van der Waals surface area contributed by atoms with Crippen molar-refractivity contribution in [2.45, 2.75) is 0 Å². The maximum absolute atomic E-state index is 12.5. The van der Waals surface area contributed by atoms with Crippen LogP contribution in [0.2, 0.25) is 0 Å². The van der Waals surface area contributed by atoms with E-state index in [2.05, 4.69) is 15.6 Å². The predicted molar refractivity (Wildman–Crippen MR) is 91.3 cm³/mol. The predicted octanol–water partition coefficient (Wildman–Crippen LogP) is 2.48. The van der Waals surface area contributed by atoms with Crippen LogP contribution in [0.4, 0.5) is 5.69 Å². The average Bonchev–Trinajstić information content (AvgIpc) is 3.12. The fraction of sp³-hybridized carbons (Fsp3) is 0.0556. The highest BCUT2D eigenvalue weighted by Crippen LogP contribution is 2.14. The largest absolute Gasteiger partial charge is 0.355 e. The number of carbonyl (C=O) groups is 2. The second-order valence-electron chi connectivity index (χ2n) is 5.10. The molecule has 3 rings (SSSR count). The van der Waals surface area contributed by atoms with Gasteiger partial charge in [-0.05, 0) is 36.4 Å². The second kappa shape index (κ2) is 6.78. The van der Waals surface area contributed by atoms with Gasteiger partial charge in [-0.2, -0.15) is 0 Å². The normalized spacial score (nSPS) is 10.2. The summed E-state index contributed by atoms with van der Waals surface area (Å²) in [7, 11) is 1.57. The van der Waals surface area contributed by atoms with Gasteiger partial charge in [0, 0.05) is 24.0 Å². The summed E-state index contributed by atoms with van der Waals surface area (Å²) in [5, 5.41) is 5.36. The molecule has 3 aromatic rings. The van der Waals surface area contributed by atoms with Gasteiger partial charge in [0.2, 0.25) is 0 Å². The molecule has 6 nitrogen and oxygen atoms in total. The number of nitrogens with zero attached hydrogens (tertiary/aromatic N) is 2. The van der Waals surface area contributed by atoms with Gasteiger partial charge in [0.15, 0.2) is 0 Å². The van der Waals surface area contributed by atoms with E-state index in [1.807, 2.05) is 30.3 Å². The summed E-state index contributed by atoms with van der Waals surface area (Å²) >= 11 is 0. The van der Waals surface area contributed by atoms with E-state index in [1.165, 1.54) is 6.20 Å². The molecule has 0 saturated carbocycles. The van der Waals surface area contributed by atoms with Crippen molar-refractivity contribution in [2.75, 3.05) is 12.4 Å². The Bertz CT molecular complexity index is 854. The van der Waals surface area contributed by atoms with Crippen LogP contribution < -0.4 is 10.6 Å². The van der Waals surface area contributed by atoms with E-state index in [0.717, 1.165) is 5.69 Å². The molecule has 6 heteroatoms. The molecular formula is C18H16N4O2. The third-order valence-corrected chi connectivity index (χ3v) is 3.54. The SMILES string of the molecule is CNC(=O)c1ccc(NC(=O)c2cncn2-c2ccccc2)cc1. The van der Waals surface area contributed by atoms with Crippen LogP contribution in [0.1, 0.15) is 20.8 Å². The number of carbonyl (C=O) groups excluding carboxylic acids is 2. The first-order chi connectivity index (χ1) is 11.7. The number of hydrogen-bond acceptors (Lipinski definition) is 3. The van der Waals surface area contributed by atoms with Gasteiger partial charge in [0.25, 0.3) is 11.8 Å². The minimum Gasteiger partial charge on any atom is -0.355 e. The zero-order valence-corrected chi connectivity index (χ0v) is 13.1. The van der Waals surface area contributed by atoms with Gasteiger partial charge in [-0.3, -0.25) is 14.2 Å². The van der Waals surface area contributed by atoms with Crippen LogP contribution in [-0.2, 0) is 0 Å². The number of imidazole rings is 1. The number of anilines is 1. The second-order valence-corrected chi connectivity index (χ2v) is 5.10. The van der Waals surface area contributed by atoms with Crippen molar-refractivity contribution in [3.8, 4) is 5.69 Å². The van der Waals surface area contributed by atoms with Gasteiger partial charge in [-0.15, -0.1) is 0 Å². The molecule has 0 unspecified atom stereocenters. The standard InChI is InChI=1S/C18H16N4O2/c1-19-17(23)13-7-9-14(10-8-13)21-18(24)16-11-20-12-22(16)15-5-3-2-4-6-15/h2-12H,1H3,(H,19,23)(H,21,24). The van der Waals surface area contributed by atoms with Crippen molar-refractivity contribution in [1.29, 1.82) is 0 Å². The van der Waals surface area contributed by atoms with E-state index in [9.17, 15) is 9.59 Å². The molecule has 0 aliphatic heterocycles. The number of benzene rings is 2. The summed E-state index contributed by atoms with van der Waals surface area (Å²) < 4.78 is 1.72. The van der Waals surface area contributed by atoms with Crippen LogP contribution in [0.25, 0.3) is 5.69 Å². The maximum atomic E-state index is 12.5. The van der Waals surface area contributed by atoms with Gasteiger partial charge in [-0.1, -0.05) is 18.2 Å². The van der Waals surface area contributed by atoms with Crippen molar-refractivity contribution in [3.05, 3.63) is 78.4 Å². The molecule has 0 spiro atoms. The Morgan fingerprint density at radius 3 is 2.33 bits per heavy atom. The van der Waals surface area contributed by atoms with Gasteiger partial charge in [-0.25, -0.2) is 4.98 Å². The molecule has 1 heterocycles. The molecule has 2 aromatic carbocycles. The zero-order chi connectivity index (χ0) is 16.9. The Hall–Kier alpha value is -3.41. The lowest BCUT2D eigenvalue weighted by atomic mass is 10.2. The van der Waals surface area contributed by atoms with Crippen molar-refractivity contribution in [3.63, 3.8) is 0 Å². The Morgan fingerprint density at radius 1 is 0.958 bits per heavy atom. The summed E-state index contributed by atoms with van der Waals surface area (Å²) in [6.07, 6.45) is 3.11. The molecule has 0 atom stereocenters. The number of nitrogens with one attached hydrogen (secondary N) is 2. The highest BCUT2D eigenvalue weighted by atomic mass is 16.2. The van der Waals surface area contributed by atoms with Gasteiger partial charge < -0.3 is 10.6 Å². The summed E-state index contributed by atoms with van der Waals surface area (Å²) in [5.41, 5.74) is 2.42. The molecule has 0 saturated heterocycles. The quantitative estimate of drug-likeness (QED) is 0.775.